The number of hydrogen-bond donors (Lipinski definition) is 0. The van der Waals surface area contributed by atoms with E-state index in [2.05, 4.69) is 82.6 Å². The van der Waals surface area contributed by atoms with E-state index in [4.69, 9.17) is 0 Å². The fourth-order valence-corrected chi connectivity index (χ4v) is 5.84. The Balaban J connectivity index is 1.68. The van der Waals surface area contributed by atoms with Gasteiger partial charge in [-0.3, -0.25) is 0 Å². The van der Waals surface area contributed by atoms with Crippen molar-refractivity contribution in [2.75, 3.05) is 36.0 Å². The molecule has 2 nitrogen and oxygen atoms in total. The highest BCUT2D eigenvalue weighted by Crippen LogP contribution is 2.46. The first-order chi connectivity index (χ1) is 15.9. The van der Waals surface area contributed by atoms with Crippen molar-refractivity contribution in [3.63, 3.8) is 0 Å². The van der Waals surface area contributed by atoms with Crippen LogP contribution >= 0.6 is 0 Å². The molecule has 2 fully saturated rings. The Labute approximate surface area is 191 Å². The van der Waals surface area contributed by atoms with Crippen molar-refractivity contribution >= 4 is 32.9 Å². The summed E-state index contributed by atoms with van der Waals surface area (Å²) in [5.41, 5.74) is 5.70. The molecule has 0 saturated carbocycles. The van der Waals surface area contributed by atoms with Gasteiger partial charge in [-0.15, -0.1) is 0 Å². The Hall–Kier alpha value is -3.00. The van der Waals surface area contributed by atoms with Crippen LogP contribution in [0.5, 0.6) is 0 Å². The molecule has 0 unspecified atom stereocenters. The molecule has 0 amide bonds. The van der Waals surface area contributed by atoms with Gasteiger partial charge in [0.25, 0.3) is 0 Å². The van der Waals surface area contributed by atoms with Crippen molar-refractivity contribution in [2.24, 2.45) is 0 Å². The van der Waals surface area contributed by atoms with Crippen LogP contribution in [-0.4, -0.2) is 26.2 Å². The van der Waals surface area contributed by atoms with Crippen molar-refractivity contribution in [1.29, 1.82) is 0 Å². The van der Waals surface area contributed by atoms with Crippen LogP contribution in [0.25, 0.3) is 32.7 Å². The number of anilines is 2. The molecule has 0 aromatic heterocycles. The lowest BCUT2D eigenvalue weighted by molar-refractivity contribution is 0.577. The van der Waals surface area contributed by atoms with Crippen molar-refractivity contribution in [3.05, 3.63) is 72.8 Å². The second kappa shape index (κ2) is 8.50. The van der Waals surface area contributed by atoms with Gasteiger partial charge in [0.05, 0.1) is 0 Å². The third kappa shape index (κ3) is 3.43. The zero-order valence-electron chi connectivity index (χ0n) is 18.9. The predicted octanol–water partition coefficient (Wildman–Crippen LogP) is 7.64. The molecule has 0 N–H and O–H groups in total. The monoisotopic (exact) mass is 420 g/mol. The standard InChI is InChI=1S/C30H32N2/c1-7-19-31(20-8-1)27-17-15-23-11-3-5-13-25(23)29(27)30-26-14-6-4-12-24(26)16-18-28(30)32-21-9-2-10-22-32/h3-6,11-18H,1-2,7-10,19-22H2. The summed E-state index contributed by atoms with van der Waals surface area (Å²) in [5.74, 6) is 0. The average molecular weight is 421 g/mol. The number of fused-ring (bicyclic) bond motifs is 2. The molecule has 4 aromatic carbocycles. The second-order valence-corrected chi connectivity index (χ2v) is 9.46. The first-order valence-corrected chi connectivity index (χ1v) is 12.4. The van der Waals surface area contributed by atoms with Crippen LogP contribution in [-0.2, 0) is 0 Å². The van der Waals surface area contributed by atoms with Gasteiger partial charge in [0.15, 0.2) is 0 Å². The Morgan fingerprint density at radius 3 is 1.25 bits per heavy atom. The van der Waals surface area contributed by atoms with Crippen molar-refractivity contribution in [2.45, 2.75) is 38.5 Å². The largest absolute Gasteiger partial charge is 0.371 e. The number of hydrogen-bond acceptors (Lipinski definition) is 2. The smallest absolute Gasteiger partial charge is 0.0453 e. The lowest BCUT2D eigenvalue weighted by Gasteiger charge is -2.35. The van der Waals surface area contributed by atoms with Gasteiger partial charge in [0, 0.05) is 48.7 Å². The molecule has 2 heteroatoms. The number of piperidine rings is 2. The summed E-state index contributed by atoms with van der Waals surface area (Å²) in [6, 6.07) is 27.4. The topological polar surface area (TPSA) is 6.48 Å². The maximum absolute atomic E-state index is 2.65. The van der Waals surface area contributed by atoms with Gasteiger partial charge < -0.3 is 9.80 Å². The molecular formula is C30H32N2. The zero-order valence-corrected chi connectivity index (χ0v) is 18.9. The minimum Gasteiger partial charge on any atom is -0.371 e. The Morgan fingerprint density at radius 1 is 0.406 bits per heavy atom. The molecule has 2 aliphatic heterocycles. The van der Waals surface area contributed by atoms with Gasteiger partial charge >= 0.3 is 0 Å². The highest BCUT2D eigenvalue weighted by molar-refractivity contribution is 6.13. The SMILES string of the molecule is c1ccc2c(-c3c(N4CCCCC4)ccc4ccccc34)c(N3CCCCC3)ccc2c1. The third-order valence-corrected chi connectivity index (χ3v) is 7.46. The summed E-state index contributed by atoms with van der Waals surface area (Å²) in [7, 11) is 0. The molecule has 0 aliphatic carbocycles. The lowest BCUT2D eigenvalue weighted by Crippen LogP contribution is -2.31. The zero-order chi connectivity index (χ0) is 21.3. The molecule has 0 atom stereocenters. The van der Waals surface area contributed by atoms with E-state index >= 15 is 0 Å². The summed E-state index contributed by atoms with van der Waals surface area (Å²) in [5, 5.41) is 5.43. The molecule has 0 bridgehead atoms. The quantitative estimate of drug-likeness (QED) is 0.336. The van der Waals surface area contributed by atoms with Crippen LogP contribution in [0.4, 0.5) is 11.4 Å². The van der Waals surface area contributed by atoms with E-state index < -0.39 is 0 Å². The van der Waals surface area contributed by atoms with Crippen LogP contribution in [0.1, 0.15) is 38.5 Å². The van der Waals surface area contributed by atoms with Crippen LogP contribution in [0.3, 0.4) is 0 Å². The average Bonchev–Trinajstić information content (AvgIpc) is 2.88. The van der Waals surface area contributed by atoms with Gasteiger partial charge in [-0.05, 0) is 72.2 Å². The maximum Gasteiger partial charge on any atom is 0.0453 e. The van der Waals surface area contributed by atoms with E-state index in [0.717, 1.165) is 26.2 Å². The van der Waals surface area contributed by atoms with E-state index in [1.807, 2.05) is 0 Å². The van der Waals surface area contributed by atoms with Gasteiger partial charge in [0.1, 0.15) is 0 Å². The molecule has 4 aromatic rings. The highest BCUT2D eigenvalue weighted by atomic mass is 15.1. The molecule has 2 heterocycles. The summed E-state index contributed by atoms with van der Waals surface area (Å²) in [6.45, 7) is 4.65. The van der Waals surface area contributed by atoms with E-state index in [0.29, 0.717) is 0 Å². The van der Waals surface area contributed by atoms with Gasteiger partial charge in [0.2, 0.25) is 0 Å². The summed E-state index contributed by atoms with van der Waals surface area (Å²) in [6.07, 6.45) is 7.88. The van der Waals surface area contributed by atoms with Crippen molar-refractivity contribution < 1.29 is 0 Å². The number of rotatable bonds is 3. The Morgan fingerprint density at radius 2 is 0.812 bits per heavy atom. The molecule has 2 saturated heterocycles. The molecule has 32 heavy (non-hydrogen) atoms. The second-order valence-electron chi connectivity index (χ2n) is 9.46. The first-order valence-electron chi connectivity index (χ1n) is 12.4. The summed E-state index contributed by atoms with van der Waals surface area (Å²) < 4.78 is 0. The molecule has 2 aliphatic rings. The number of nitrogens with zero attached hydrogens (tertiary/aromatic N) is 2. The molecule has 6 rings (SSSR count). The lowest BCUT2D eigenvalue weighted by atomic mass is 9.89. The predicted molar refractivity (Wildman–Crippen MR) is 139 cm³/mol. The molecule has 0 radical (unpaired) electrons. The van der Waals surface area contributed by atoms with Gasteiger partial charge in [-0.2, -0.15) is 0 Å². The van der Waals surface area contributed by atoms with Crippen LogP contribution in [0.15, 0.2) is 72.8 Å². The van der Waals surface area contributed by atoms with E-state index in [-0.39, 0.29) is 0 Å². The van der Waals surface area contributed by atoms with Gasteiger partial charge in [-0.25, -0.2) is 0 Å². The summed E-state index contributed by atoms with van der Waals surface area (Å²) in [4.78, 5) is 5.29. The first kappa shape index (κ1) is 19.7. The summed E-state index contributed by atoms with van der Waals surface area (Å²) >= 11 is 0. The normalized spacial score (nSPS) is 17.2. The van der Waals surface area contributed by atoms with E-state index in [9.17, 15) is 0 Å². The molecular weight excluding hydrogens is 388 g/mol. The maximum atomic E-state index is 2.65. The minimum atomic E-state index is 1.16. The van der Waals surface area contributed by atoms with Crippen LogP contribution < -0.4 is 9.80 Å². The minimum absolute atomic E-state index is 1.16. The highest BCUT2D eigenvalue weighted by Gasteiger charge is 2.24. The van der Waals surface area contributed by atoms with Crippen molar-refractivity contribution in [3.8, 4) is 11.1 Å². The van der Waals surface area contributed by atoms with Crippen LogP contribution in [0.2, 0.25) is 0 Å². The Kier molecular flexibility index (Phi) is 5.23. The number of benzene rings is 4. The Bertz CT molecular complexity index is 1150. The van der Waals surface area contributed by atoms with E-state index in [1.54, 1.807) is 0 Å². The molecule has 0 spiro atoms. The van der Waals surface area contributed by atoms with Gasteiger partial charge in [-0.1, -0.05) is 60.7 Å². The fraction of sp³-hybridized carbons (Fsp3) is 0.333. The van der Waals surface area contributed by atoms with E-state index in [1.165, 1.54) is 82.6 Å². The fourth-order valence-electron chi connectivity index (χ4n) is 5.84. The van der Waals surface area contributed by atoms with Crippen molar-refractivity contribution in [1.82, 2.24) is 0 Å². The van der Waals surface area contributed by atoms with Crippen LogP contribution in [0, 0.1) is 0 Å². The molecule has 162 valence electrons. The third-order valence-electron chi connectivity index (χ3n) is 7.46.